The van der Waals surface area contributed by atoms with Crippen molar-refractivity contribution in [1.82, 2.24) is 24.9 Å². The molecule has 0 unspecified atom stereocenters. The zero-order valence-corrected chi connectivity index (χ0v) is 15.3. The minimum absolute atomic E-state index is 0.146. The van der Waals surface area contributed by atoms with E-state index < -0.39 is 0 Å². The van der Waals surface area contributed by atoms with Gasteiger partial charge in [-0.15, -0.1) is 0 Å². The SMILES string of the molecule is Cc1nc2ncnn2c(C)c1CCC(=O)N[C@@H](C)[C@H]1C[C@H]2CC[C@H]1C2. The van der Waals surface area contributed by atoms with Crippen molar-refractivity contribution >= 4 is 11.7 Å². The lowest BCUT2D eigenvalue weighted by molar-refractivity contribution is -0.122. The van der Waals surface area contributed by atoms with Crippen molar-refractivity contribution in [2.24, 2.45) is 17.8 Å². The second-order valence-electron chi connectivity index (χ2n) is 7.93. The lowest BCUT2D eigenvalue weighted by atomic mass is 9.84. The number of aromatic nitrogens is 4. The van der Waals surface area contributed by atoms with E-state index in [9.17, 15) is 4.79 Å². The molecule has 6 heteroatoms. The van der Waals surface area contributed by atoms with E-state index in [2.05, 4.69) is 27.3 Å². The number of aryl methyl sites for hydroxylation is 2. The van der Waals surface area contributed by atoms with Gasteiger partial charge < -0.3 is 5.32 Å². The molecule has 25 heavy (non-hydrogen) atoms. The van der Waals surface area contributed by atoms with Gasteiger partial charge in [0.2, 0.25) is 5.91 Å². The van der Waals surface area contributed by atoms with Crippen LogP contribution in [0.2, 0.25) is 0 Å². The predicted molar refractivity (Wildman–Crippen MR) is 95.1 cm³/mol. The zero-order valence-electron chi connectivity index (χ0n) is 15.3. The van der Waals surface area contributed by atoms with Gasteiger partial charge in [-0.3, -0.25) is 4.79 Å². The van der Waals surface area contributed by atoms with Gasteiger partial charge in [-0.1, -0.05) is 6.42 Å². The topological polar surface area (TPSA) is 72.2 Å². The number of nitrogens with one attached hydrogen (secondary N) is 1. The fourth-order valence-electron chi connectivity index (χ4n) is 5.10. The van der Waals surface area contributed by atoms with E-state index in [1.165, 1.54) is 32.0 Å². The molecule has 2 aromatic heterocycles. The second kappa shape index (κ2) is 6.39. The summed E-state index contributed by atoms with van der Waals surface area (Å²) in [5, 5.41) is 7.47. The summed E-state index contributed by atoms with van der Waals surface area (Å²) in [6.07, 6.45) is 8.15. The lowest BCUT2D eigenvalue weighted by Gasteiger charge is -2.28. The van der Waals surface area contributed by atoms with Crippen LogP contribution in [-0.4, -0.2) is 31.5 Å². The molecule has 2 aliphatic rings. The smallest absolute Gasteiger partial charge is 0.252 e. The minimum Gasteiger partial charge on any atom is -0.353 e. The monoisotopic (exact) mass is 341 g/mol. The Morgan fingerprint density at radius 2 is 2.20 bits per heavy atom. The van der Waals surface area contributed by atoms with Gasteiger partial charge in [-0.25, -0.2) is 9.50 Å². The first-order chi connectivity index (χ1) is 12.0. The Balaban J connectivity index is 1.37. The van der Waals surface area contributed by atoms with Crippen LogP contribution >= 0.6 is 0 Å². The van der Waals surface area contributed by atoms with E-state index in [1.54, 1.807) is 4.52 Å². The highest BCUT2D eigenvalue weighted by Gasteiger charge is 2.42. The van der Waals surface area contributed by atoms with Gasteiger partial charge in [0.25, 0.3) is 5.78 Å². The second-order valence-corrected chi connectivity index (χ2v) is 7.93. The van der Waals surface area contributed by atoms with Crippen molar-refractivity contribution in [3.8, 4) is 0 Å². The van der Waals surface area contributed by atoms with Crippen LogP contribution in [0.5, 0.6) is 0 Å². The first-order valence-corrected chi connectivity index (χ1v) is 9.48. The number of amides is 1. The molecule has 0 saturated heterocycles. The standard InChI is InChI=1S/C19H27N5O/c1-11-16(13(3)24-19(23-11)20-10-21-24)6-7-18(25)22-12(2)17-9-14-4-5-15(17)8-14/h10,12,14-15,17H,4-9H2,1-3H3,(H,22,25)/t12-,14-,15-,17+/m0/s1. The summed E-state index contributed by atoms with van der Waals surface area (Å²) in [6.45, 7) is 6.18. The average Bonchev–Trinajstić information content (AvgIpc) is 3.30. The maximum Gasteiger partial charge on any atom is 0.252 e. The lowest BCUT2D eigenvalue weighted by Crippen LogP contribution is -2.40. The third-order valence-electron chi connectivity index (χ3n) is 6.41. The van der Waals surface area contributed by atoms with Crippen molar-refractivity contribution < 1.29 is 4.79 Å². The minimum atomic E-state index is 0.146. The molecule has 2 aromatic rings. The number of rotatable bonds is 5. The number of hydrogen-bond donors (Lipinski definition) is 1. The fraction of sp³-hybridized carbons (Fsp3) is 0.684. The molecule has 2 aliphatic carbocycles. The number of hydrogen-bond acceptors (Lipinski definition) is 4. The van der Waals surface area contributed by atoms with Gasteiger partial charge in [-0.2, -0.15) is 10.1 Å². The molecule has 2 heterocycles. The Morgan fingerprint density at radius 1 is 1.36 bits per heavy atom. The molecule has 6 nitrogen and oxygen atoms in total. The summed E-state index contributed by atoms with van der Waals surface area (Å²) >= 11 is 0. The summed E-state index contributed by atoms with van der Waals surface area (Å²) in [7, 11) is 0. The van der Waals surface area contributed by atoms with E-state index in [1.807, 2.05) is 13.8 Å². The van der Waals surface area contributed by atoms with Crippen LogP contribution < -0.4 is 5.32 Å². The van der Waals surface area contributed by atoms with Crippen molar-refractivity contribution in [3.05, 3.63) is 23.3 Å². The summed E-state index contributed by atoms with van der Waals surface area (Å²) in [5.41, 5.74) is 3.06. The molecule has 4 rings (SSSR count). The van der Waals surface area contributed by atoms with Gasteiger partial charge in [0.05, 0.1) is 0 Å². The van der Waals surface area contributed by atoms with E-state index >= 15 is 0 Å². The van der Waals surface area contributed by atoms with Crippen LogP contribution in [0, 0.1) is 31.6 Å². The van der Waals surface area contributed by atoms with Crippen LogP contribution in [0.25, 0.3) is 5.78 Å². The number of nitrogens with zero attached hydrogens (tertiary/aromatic N) is 4. The maximum absolute atomic E-state index is 12.5. The Bertz CT molecular complexity index is 798. The summed E-state index contributed by atoms with van der Waals surface area (Å²) in [4.78, 5) is 21.1. The zero-order chi connectivity index (χ0) is 17.6. The van der Waals surface area contributed by atoms with Gasteiger partial charge in [0.1, 0.15) is 6.33 Å². The van der Waals surface area contributed by atoms with Crippen LogP contribution in [0.4, 0.5) is 0 Å². The van der Waals surface area contributed by atoms with Gasteiger partial charge in [0, 0.05) is 23.9 Å². The van der Waals surface area contributed by atoms with Crippen molar-refractivity contribution in [2.75, 3.05) is 0 Å². The number of fused-ring (bicyclic) bond motifs is 3. The van der Waals surface area contributed by atoms with Gasteiger partial charge in [-0.05, 0) is 69.8 Å². The molecule has 0 aromatic carbocycles. The van der Waals surface area contributed by atoms with E-state index in [4.69, 9.17) is 0 Å². The van der Waals surface area contributed by atoms with Gasteiger partial charge in [0.15, 0.2) is 0 Å². The summed E-state index contributed by atoms with van der Waals surface area (Å²) in [5.74, 6) is 3.20. The van der Waals surface area contributed by atoms with Crippen LogP contribution in [0.15, 0.2) is 6.33 Å². The van der Waals surface area contributed by atoms with Crippen LogP contribution in [0.3, 0.4) is 0 Å². The molecule has 134 valence electrons. The average molecular weight is 341 g/mol. The third kappa shape index (κ3) is 3.02. The van der Waals surface area contributed by atoms with E-state index in [0.29, 0.717) is 30.6 Å². The van der Waals surface area contributed by atoms with Crippen LogP contribution in [0.1, 0.15) is 56.0 Å². The summed E-state index contributed by atoms with van der Waals surface area (Å²) in [6, 6.07) is 0.293. The van der Waals surface area contributed by atoms with Crippen molar-refractivity contribution in [3.63, 3.8) is 0 Å². The van der Waals surface area contributed by atoms with Gasteiger partial charge >= 0.3 is 0 Å². The normalized spacial score (nSPS) is 26.3. The Kier molecular flexibility index (Phi) is 4.21. The highest BCUT2D eigenvalue weighted by atomic mass is 16.1. The predicted octanol–water partition coefficient (Wildman–Crippen LogP) is 2.61. The Morgan fingerprint density at radius 3 is 2.92 bits per heavy atom. The highest BCUT2D eigenvalue weighted by molar-refractivity contribution is 5.76. The van der Waals surface area contributed by atoms with Crippen molar-refractivity contribution in [1.29, 1.82) is 0 Å². The molecule has 1 N–H and O–H groups in total. The molecule has 0 aliphatic heterocycles. The van der Waals surface area contributed by atoms with Crippen LogP contribution in [-0.2, 0) is 11.2 Å². The number of carbonyl (C=O) groups excluding carboxylic acids is 1. The molecule has 0 radical (unpaired) electrons. The molecule has 1 amide bonds. The Labute approximate surface area is 148 Å². The molecule has 4 atom stereocenters. The first kappa shape index (κ1) is 16.5. The van der Waals surface area contributed by atoms with E-state index in [0.717, 1.165) is 28.8 Å². The highest BCUT2D eigenvalue weighted by Crippen LogP contribution is 2.49. The Hall–Kier alpha value is -1.98. The molecular formula is C19H27N5O. The summed E-state index contributed by atoms with van der Waals surface area (Å²) < 4.78 is 1.75. The van der Waals surface area contributed by atoms with Crippen molar-refractivity contribution in [2.45, 2.75) is 65.3 Å². The van der Waals surface area contributed by atoms with E-state index in [-0.39, 0.29) is 5.91 Å². The molecule has 2 bridgehead atoms. The molecule has 2 saturated carbocycles. The maximum atomic E-state index is 12.5. The molecule has 0 spiro atoms. The number of carbonyl (C=O) groups is 1. The quantitative estimate of drug-likeness (QED) is 0.907. The molecular weight excluding hydrogens is 314 g/mol. The largest absolute Gasteiger partial charge is 0.353 e. The fourth-order valence-corrected chi connectivity index (χ4v) is 5.10. The third-order valence-corrected chi connectivity index (χ3v) is 6.41. The molecule has 2 fully saturated rings. The first-order valence-electron chi connectivity index (χ1n) is 9.48.